The summed E-state index contributed by atoms with van der Waals surface area (Å²) in [5, 5.41) is 0. The summed E-state index contributed by atoms with van der Waals surface area (Å²) < 4.78 is 5.46. The van der Waals surface area contributed by atoms with E-state index in [1.807, 2.05) is 24.3 Å². The van der Waals surface area contributed by atoms with E-state index in [0.29, 0.717) is 6.04 Å². The number of nitrogens with two attached hydrogens (primary N) is 1. The van der Waals surface area contributed by atoms with Crippen LogP contribution in [0.25, 0.3) is 0 Å². The second kappa shape index (κ2) is 4.41. The van der Waals surface area contributed by atoms with E-state index in [4.69, 9.17) is 10.2 Å². The van der Waals surface area contributed by atoms with Crippen LogP contribution in [0.3, 0.4) is 0 Å². The molecular formula is C15H18N2O. The third kappa shape index (κ3) is 2.08. The molecule has 1 aliphatic carbocycles. The quantitative estimate of drug-likeness (QED) is 0.836. The summed E-state index contributed by atoms with van der Waals surface area (Å²) >= 11 is 0. The lowest BCUT2D eigenvalue weighted by Gasteiger charge is -2.26. The molecular weight excluding hydrogens is 224 g/mol. The van der Waals surface area contributed by atoms with Crippen molar-refractivity contribution in [2.75, 3.05) is 10.6 Å². The average Bonchev–Trinajstić information content (AvgIpc) is 3.08. The molecule has 3 nitrogen and oxygen atoms in total. The summed E-state index contributed by atoms with van der Waals surface area (Å²) in [6.07, 6.45) is 4.25. The number of nitrogen functional groups attached to an aromatic ring is 1. The van der Waals surface area contributed by atoms with E-state index in [9.17, 15) is 0 Å². The van der Waals surface area contributed by atoms with Gasteiger partial charge in [-0.25, -0.2) is 0 Å². The zero-order valence-corrected chi connectivity index (χ0v) is 10.6. The summed E-state index contributed by atoms with van der Waals surface area (Å²) in [5.41, 5.74) is 9.25. The molecule has 94 valence electrons. The molecule has 0 radical (unpaired) electrons. The monoisotopic (exact) mass is 242 g/mol. The summed E-state index contributed by atoms with van der Waals surface area (Å²) in [6.45, 7) is 2.91. The molecule has 1 aromatic heterocycles. The SMILES string of the molecule is Cc1c(N)cccc1N(Cc1ccco1)C1CC1. The molecule has 0 unspecified atom stereocenters. The highest BCUT2D eigenvalue weighted by Crippen LogP contribution is 2.36. The van der Waals surface area contributed by atoms with Gasteiger partial charge in [0.15, 0.2) is 0 Å². The molecule has 0 saturated heterocycles. The molecule has 0 bridgehead atoms. The maximum atomic E-state index is 6.00. The number of anilines is 2. The first-order chi connectivity index (χ1) is 8.75. The van der Waals surface area contributed by atoms with Crippen molar-refractivity contribution in [3.05, 3.63) is 47.9 Å². The first kappa shape index (κ1) is 11.2. The van der Waals surface area contributed by atoms with Gasteiger partial charge in [-0.15, -0.1) is 0 Å². The molecule has 1 aliphatic rings. The van der Waals surface area contributed by atoms with Gasteiger partial charge in [-0.2, -0.15) is 0 Å². The molecule has 0 amide bonds. The van der Waals surface area contributed by atoms with Gasteiger partial charge in [0, 0.05) is 17.4 Å². The molecule has 3 rings (SSSR count). The number of furan rings is 1. The molecule has 1 saturated carbocycles. The van der Waals surface area contributed by atoms with E-state index in [2.05, 4.69) is 17.9 Å². The number of nitrogens with zero attached hydrogens (tertiary/aromatic N) is 1. The number of rotatable bonds is 4. The fourth-order valence-electron chi connectivity index (χ4n) is 2.32. The highest BCUT2D eigenvalue weighted by molar-refractivity contribution is 5.65. The van der Waals surface area contributed by atoms with Crippen LogP contribution in [0.5, 0.6) is 0 Å². The number of hydrogen-bond acceptors (Lipinski definition) is 3. The minimum absolute atomic E-state index is 0.635. The van der Waals surface area contributed by atoms with Gasteiger partial charge in [-0.3, -0.25) is 0 Å². The highest BCUT2D eigenvalue weighted by atomic mass is 16.3. The Bertz CT molecular complexity index is 529. The first-order valence-electron chi connectivity index (χ1n) is 6.40. The minimum Gasteiger partial charge on any atom is -0.467 e. The summed E-state index contributed by atoms with van der Waals surface area (Å²) in [4.78, 5) is 2.41. The lowest BCUT2D eigenvalue weighted by molar-refractivity contribution is 0.501. The Labute approximate surface area is 107 Å². The van der Waals surface area contributed by atoms with E-state index in [1.165, 1.54) is 18.5 Å². The molecule has 1 aromatic carbocycles. The van der Waals surface area contributed by atoms with Gasteiger partial charge in [-0.1, -0.05) is 6.07 Å². The Hall–Kier alpha value is -1.90. The molecule has 1 fully saturated rings. The molecule has 18 heavy (non-hydrogen) atoms. The topological polar surface area (TPSA) is 42.4 Å². The molecule has 1 heterocycles. The van der Waals surface area contributed by atoms with Crippen LogP contribution in [0, 0.1) is 6.92 Å². The van der Waals surface area contributed by atoms with Gasteiger partial charge in [0.05, 0.1) is 12.8 Å². The van der Waals surface area contributed by atoms with Gasteiger partial charge in [0.2, 0.25) is 0 Å². The van der Waals surface area contributed by atoms with Crippen molar-refractivity contribution in [3.8, 4) is 0 Å². The first-order valence-corrected chi connectivity index (χ1v) is 6.40. The van der Waals surface area contributed by atoms with Crippen molar-refractivity contribution in [1.29, 1.82) is 0 Å². The van der Waals surface area contributed by atoms with Gasteiger partial charge in [0.1, 0.15) is 5.76 Å². The average molecular weight is 242 g/mol. The van der Waals surface area contributed by atoms with Crippen molar-refractivity contribution in [3.63, 3.8) is 0 Å². The Morgan fingerprint density at radius 3 is 2.78 bits per heavy atom. The van der Waals surface area contributed by atoms with Crippen LogP contribution < -0.4 is 10.6 Å². The molecule has 3 heteroatoms. The third-order valence-corrected chi connectivity index (χ3v) is 3.55. The molecule has 0 aliphatic heterocycles. The highest BCUT2D eigenvalue weighted by Gasteiger charge is 2.30. The van der Waals surface area contributed by atoms with Crippen LogP contribution >= 0.6 is 0 Å². The lowest BCUT2D eigenvalue weighted by atomic mass is 10.1. The van der Waals surface area contributed by atoms with Gasteiger partial charge >= 0.3 is 0 Å². The Morgan fingerprint density at radius 1 is 1.28 bits per heavy atom. The van der Waals surface area contributed by atoms with E-state index in [1.54, 1.807) is 6.26 Å². The standard InChI is InChI=1S/C15H18N2O/c1-11-14(16)5-2-6-15(11)17(12-7-8-12)10-13-4-3-9-18-13/h2-6,9,12H,7-8,10,16H2,1H3. The third-order valence-electron chi connectivity index (χ3n) is 3.55. The smallest absolute Gasteiger partial charge is 0.123 e. The maximum absolute atomic E-state index is 6.00. The van der Waals surface area contributed by atoms with Crippen LogP contribution in [0.1, 0.15) is 24.2 Å². The van der Waals surface area contributed by atoms with E-state index in [-0.39, 0.29) is 0 Å². The van der Waals surface area contributed by atoms with Crippen molar-refractivity contribution >= 4 is 11.4 Å². The van der Waals surface area contributed by atoms with Gasteiger partial charge in [-0.05, 0) is 49.6 Å². The second-order valence-electron chi connectivity index (χ2n) is 4.93. The number of hydrogen-bond donors (Lipinski definition) is 1. The van der Waals surface area contributed by atoms with Gasteiger partial charge < -0.3 is 15.1 Å². The van der Waals surface area contributed by atoms with E-state index < -0.39 is 0 Å². The zero-order valence-electron chi connectivity index (χ0n) is 10.6. The summed E-state index contributed by atoms with van der Waals surface area (Å²) in [6, 6.07) is 10.7. The van der Waals surface area contributed by atoms with Crippen LogP contribution in [0.15, 0.2) is 41.0 Å². The predicted octanol–water partition coefficient (Wildman–Crippen LogP) is 3.34. The normalized spacial score (nSPS) is 14.7. The zero-order chi connectivity index (χ0) is 12.5. The van der Waals surface area contributed by atoms with E-state index in [0.717, 1.165) is 23.6 Å². The summed E-state index contributed by atoms with van der Waals surface area (Å²) in [5.74, 6) is 1.00. The Kier molecular flexibility index (Phi) is 2.74. The van der Waals surface area contributed by atoms with Crippen LogP contribution in [0.4, 0.5) is 11.4 Å². The van der Waals surface area contributed by atoms with Crippen molar-refractivity contribution < 1.29 is 4.42 Å². The van der Waals surface area contributed by atoms with Crippen LogP contribution in [0.2, 0.25) is 0 Å². The van der Waals surface area contributed by atoms with Crippen LogP contribution in [-0.2, 0) is 6.54 Å². The minimum atomic E-state index is 0.635. The molecule has 2 aromatic rings. The van der Waals surface area contributed by atoms with E-state index >= 15 is 0 Å². The maximum Gasteiger partial charge on any atom is 0.123 e. The fraction of sp³-hybridized carbons (Fsp3) is 0.333. The van der Waals surface area contributed by atoms with Crippen molar-refractivity contribution in [2.24, 2.45) is 0 Å². The molecule has 0 atom stereocenters. The van der Waals surface area contributed by atoms with Crippen molar-refractivity contribution in [2.45, 2.75) is 32.4 Å². The molecule has 2 N–H and O–H groups in total. The van der Waals surface area contributed by atoms with Gasteiger partial charge in [0.25, 0.3) is 0 Å². The second-order valence-corrected chi connectivity index (χ2v) is 4.93. The lowest BCUT2D eigenvalue weighted by Crippen LogP contribution is -2.25. The fourth-order valence-corrected chi connectivity index (χ4v) is 2.32. The number of benzene rings is 1. The van der Waals surface area contributed by atoms with Crippen LogP contribution in [-0.4, -0.2) is 6.04 Å². The Balaban J connectivity index is 1.91. The largest absolute Gasteiger partial charge is 0.467 e. The predicted molar refractivity (Wildman–Crippen MR) is 73.5 cm³/mol. The van der Waals surface area contributed by atoms with Crippen molar-refractivity contribution in [1.82, 2.24) is 0 Å². The summed E-state index contributed by atoms with van der Waals surface area (Å²) in [7, 11) is 0. The Morgan fingerprint density at radius 2 is 2.11 bits per heavy atom. The molecule has 0 spiro atoms.